The minimum Gasteiger partial charge on any atom is -0.464 e. The van der Waals surface area contributed by atoms with Gasteiger partial charge in [-0.05, 0) is 0 Å². The Kier molecular flexibility index (Phi) is 7.02. The standard InChI is InChI=1S/C10H14N3O3S.C2H6/c1-17-5-3-13(8-17)6-10(14)15-4-2-9-11-7-12-16-9;1-2/h3,5,7H,2,4,6,8H2,1H3;1-2H3/q+1;. The Morgan fingerprint density at radius 1 is 1.58 bits per heavy atom. The number of carbonyl (C=O) groups is 1. The highest BCUT2D eigenvalue weighted by molar-refractivity contribution is 7.99. The van der Waals surface area contributed by atoms with Crippen molar-refractivity contribution in [1.29, 1.82) is 0 Å². The number of hydrogen-bond donors (Lipinski definition) is 0. The summed E-state index contributed by atoms with van der Waals surface area (Å²) in [5, 5.41) is 5.57. The SMILES string of the molecule is CC.C[S+]1C=CN(CC(=O)OCCc2ncno2)C1. The minimum absolute atomic E-state index is 0.229. The Morgan fingerprint density at radius 2 is 2.37 bits per heavy atom. The topological polar surface area (TPSA) is 68.5 Å². The normalized spacial score (nSPS) is 17.0. The monoisotopic (exact) mass is 286 g/mol. The molecule has 0 saturated carbocycles. The molecule has 0 spiro atoms. The molecule has 0 fully saturated rings. The van der Waals surface area contributed by atoms with Gasteiger partial charge in [0.05, 0.1) is 12.6 Å². The first kappa shape index (κ1) is 15.6. The van der Waals surface area contributed by atoms with E-state index in [9.17, 15) is 4.79 Å². The van der Waals surface area contributed by atoms with Crippen LogP contribution in [0.25, 0.3) is 0 Å². The summed E-state index contributed by atoms with van der Waals surface area (Å²) < 4.78 is 9.86. The van der Waals surface area contributed by atoms with Crippen LogP contribution in [0.15, 0.2) is 22.5 Å². The Morgan fingerprint density at radius 3 is 2.95 bits per heavy atom. The fourth-order valence-corrected chi connectivity index (χ4v) is 2.57. The second-order valence-corrected chi connectivity index (χ2v) is 5.57. The highest BCUT2D eigenvalue weighted by atomic mass is 32.2. The lowest BCUT2D eigenvalue weighted by Gasteiger charge is -2.11. The lowest BCUT2D eigenvalue weighted by Crippen LogP contribution is -2.27. The van der Waals surface area contributed by atoms with E-state index >= 15 is 0 Å². The van der Waals surface area contributed by atoms with Crippen LogP contribution in [0, 0.1) is 0 Å². The Bertz CT molecular complexity index is 395. The molecule has 0 N–H and O–H groups in total. The Hall–Kier alpha value is -1.50. The van der Waals surface area contributed by atoms with E-state index < -0.39 is 0 Å². The van der Waals surface area contributed by atoms with Gasteiger partial charge in [-0.25, -0.2) is 0 Å². The Labute approximate surface area is 116 Å². The van der Waals surface area contributed by atoms with Gasteiger partial charge in [-0.2, -0.15) is 4.98 Å². The summed E-state index contributed by atoms with van der Waals surface area (Å²) in [6.07, 6.45) is 5.87. The van der Waals surface area contributed by atoms with E-state index in [4.69, 9.17) is 9.26 Å². The molecule has 2 rings (SSSR count). The third-order valence-corrected chi connectivity index (χ3v) is 3.52. The average Bonchev–Trinajstić information content (AvgIpc) is 3.04. The molecule has 0 aromatic carbocycles. The zero-order valence-corrected chi connectivity index (χ0v) is 12.4. The van der Waals surface area contributed by atoms with Crippen molar-refractivity contribution in [2.45, 2.75) is 20.3 Å². The first-order valence-electron chi connectivity index (χ1n) is 6.19. The van der Waals surface area contributed by atoms with Crippen molar-refractivity contribution >= 4 is 16.9 Å². The van der Waals surface area contributed by atoms with E-state index in [1.54, 1.807) is 0 Å². The number of rotatable bonds is 5. The summed E-state index contributed by atoms with van der Waals surface area (Å²) in [6.45, 7) is 4.58. The maximum atomic E-state index is 11.5. The molecular formula is C12H20N3O3S+. The molecule has 106 valence electrons. The first-order chi connectivity index (χ1) is 9.24. The van der Waals surface area contributed by atoms with E-state index in [1.807, 2.05) is 24.9 Å². The largest absolute Gasteiger partial charge is 0.464 e. The van der Waals surface area contributed by atoms with Crippen LogP contribution in [0.3, 0.4) is 0 Å². The molecule has 0 bridgehead atoms. The molecule has 0 amide bonds. The summed E-state index contributed by atoms with van der Waals surface area (Å²) in [7, 11) is 0.255. The predicted octanol–water partition coefficient (Wildman–Crippen LogP) is 1.17. The summed E-state index contributed by atoms with van der Waals surface area (Å²) >= 11 is 0. The Balaban J connectivity index is 0.000000861. The summed E-state index contributed by atoms with van der Waals surface area (Å²) in [5.41, 5.74) is 0. The molecule has 1 unspecified atom stereocenters. The van der Waals surface area contributed by atoms with Gasteiger partial charge in [0.1, 0.15) is 24.8 Å². The number of hydrogen-bond acceptors (Lipinski definition) is 6. The molecule has 1 aromatic heterocycles. The third-order valence-electron chi connectivity index (χ3n) is 2.19. The number of nitrogens with zero attached hydrogens (tertiary/aromatic N) is 3. The number of ether oxygens (including phenoxy) is 1. The maximum Gasteiger partial charge on any atom is 0.325 e. The van der Waals surface area contributed by atoms with Gasteiger partial charge >= 0.3 is 5.97 Å². The third kappa shape index (κ3) is 5.78. The number of carbonyl (C=O) groups excluding carboxylic acids is 1. The van der Waals surface area contributed by atoms with E-state index in [0.717, 1.165) is 5.88 Å². The van der Waals surface area contributed by atoms with Crippen LogP contribution in [0.5, 0.6) is 0 Å². The van der Waals surface area contributed by atoms with Gasteiger partial charge in [-0.3, -0.25) is 4.79 Å². The lowest BCUT2D eigenvalue weighted by molar-refractivity contribution is -0.144. The maximum absolute atomic E-state index is 11.5. The van der Waals surface area contributed by atoms with Crippen LogP contribution >= 0.6 is 0 Å². The van der Waals surface area contributed by atoms with Crippen LogP contribution in [0.2, 0.25) is 0 Å². The van der Waals surface area contributed by atoms with E-state index in [-0.39, 0.29) is 23.5 Å². The zero-order chi connectivity index (χ0) is 14.1. The van der Waals surface area contributed by atoms with Gasteiger partial charge in [-0.1, -0.05) is 19.0 Å². The fourth-order valence-electron chi connectivity index (χ4n) is 1.41. The molecule has 1 aromatic rings. The molecule has 2 heterocycles. The molecular weight excluding hydrogens is 266 g/mol. The quantitative estimate of drug-likeness (QED) is 0.598. The van der Waals surface area contributed by atoms with Gasteiger partial charge in [-0.15, -0.1) is 0 Å². The molecule has 19 heavy (non-hydrogen) atoms. The molecule has 1 aliphatic heterocycles. The van der Waals surface area contributed by atoms with Gasteiger partial charge < -0.3 is 14.2 Å². The molecule has 6 nitrogen and oxygen atoms in total. The van der Waals surface area contributed by atoms with Gasteiger partial charge in [0.2, 0.25) is 5.89 Å². The van der Waals surface area contributed by atoms with Crippen LogP contribution in [-0.4, -0.2) is 46.3 Å². The highest BCUT2D eigenvalue weighted by Crippen LogP contribution is 2.08. The zero-order valence-electron chi connectivity index (χ0n) is 11.5. The summed E-state index contributed by atoms with van der Waals surface area (Å²) in [6, 6.07) is 0. The summed E-state index contributed by atoms with van der Waals surface area (Å²) in [5.74, 6) is 1.15. The van der Waals surface area contributed by atoms with Crippen molar-refractivity contribution in [2.24, 2.45) is 0 Å². The minimum atomic E-state index is -0.229. The second-order valence-electron chi connectivity index (χ2n) is 3.66. The van der Waals surface area contributed by atoms with E-state index in [2.05, 4.69) is 21.8 Å². The number of aromatic nitrogens is 2. The van der Waals surface area contributed by atoms with Crippen molar-refractivity contribution in [3.05, 3.63) is 23.8 Å². The molecule has 0 radical (unpaired) electrons. The van der Waals surface area contributed by atoms with Crippen molar-refractivity contribution in [3.63, 3.8) is 0 Å². The van der Waals surface area contributed by atoms with E-state index in [0.29, 0.717) is 18.9 Å². The van der Waals surface area contributed by atoms with Crippen molar-refractivity contribution < 1.29 is 14.1 Å². The lowest BCUT2D eigenvalue weighted by atomic mass is 10.4. The smallest absolute Gasteiger partial charge is 0.325 e. The second kappa shape index (κ2) is 8.58. The number of esters is 1. The van der Waals surface area contributed by atoms with Crippen LogP contribution in [0.1, 0.15) is 19.7 Å². The van der Waals surface area contributed by atoms with Crippen LogP contribution < -0.4 is 0 Å². The van der Waals surface area contributed by atoms with Crippen molar-refractivity contribution in [3.8, 4) is 0 Å². The van der Waals surface area contributed by atoms with Crippen molar-refractivity contribution in [2.75, 3.05) is 25.3 Å². The molecule has 1 aliphatic rings. The first-order valence-corrected chi connectivity index (χ1v) is 8.05. The van der Waals surface area contributed by atoms with Gasteiger partial charge in [0, 0.05) is 10.9 Å². The van der Waals surface area contributed by atoms with Crippen LogP contribution in [-0.2, 0) is 26.8 Å². The highest BCUT2D eigenvalue weighted by Gasteiger charge is 2.21. The fraction of sp³-hybridized carbons (Fsp3) is 0.583. The summed E-state index contributed by atoms with van der Waals surface area (Å²) in [4.78, 5) is 17.3. The van der Waals surface area contributed by atoms with Crippen molar-refractivity contribution in [1.82, 2.24) is 15.0 Å². The van der Waals surface area contributed by atoms with Crippen LogP contribution in [0.4, 0.5) is 0 Å². The van der Waals surface area contributed by atoms with E-state index in [1.165, 1.54) is 6.33 Å². The van der Waals surface area contributed by atoms with Gasteiger partial charge in [0.25, 0.3) is 0 Å². The average molecular weight is 286 g/mol. The molecule has 0 saturated heterocycles. The molecule has 0 aliphatic carbocycles. The predicted molar refractivity (Wildman–Crippen MR) is 74.3 cm³/mol. The van der Waals surface area contributed by atoms with Gasteiger partial charge in [0.15, 0.2) is 12.2 Å². The molecule has 7 heteroatoms. The molecule has 1 atom stereocenters.